The van der Waals surface area contributed by atoms with Crippen molar-refractivity contribution in [1.29, 1.82) is 0 Å². The fourth-order valence-corrected chi connectivity index (χ4v) is 2.22. The number of hydrogen-bond donors (Lipinski definition) is 3. The Morgan fingerprint density at radius 3 is 3.00 bits per heavy atom. The number of likely N-dealkylation sites (tertiary alicyclic amines) is 1. The number of nitrogens with one attached hydrogen (secondary N) is 3. The van der Waals surface area contributed by atoms with Crippen molar-refractivity contribution in [2.45, 2.75) is 31.2 Å². The second kappa shape index (κ2) is 5.72. The summed E-state index contributed by atoms with van der Waals surface area (Å²) in [5, 5.41) is 0. The predicted molar refractivity (Wildman–Crippen MR) is 59.6 cm³/mol. The summed E-state index contributed by atoms with van der Waals surface area (Å²) in [7, 11) is 1.51. The lowest BCUT2D eigenvalue weighted by molar-refractivity contribution is -0.136. The molecule has 0 bridgehead atoms. The second-order valence-corrected chi connectivity index (χ2v) is 4.47. The number of alkyl halides is 1. The first kappa shape index (κ1) is 12.7. The fraction of sp³-hybridized carbons (Fsp3) is 0.900. The molecule has 0 radical (unpaired) electrons. The number of hydrogen-bond acceptors (Lipinski definition) is 5. The van der Waals surface area contributed by atoms with Gasteiger partial charge in [-0.2, -0.15) is 5.53 Å². The van der Waals surface area contributed by atoms with Gasteiger partial charge in [-0.05, 0) is 6.42 Å². The number of methoxy groups -OCH3 is 1. The van der Waals surface area contributed by atoms with E-state index in [1.807, 2.05) is 0 Å². The lowest BCUT2D eigenvalue weighted by Gasteiger charge is -2.34. The Balaban J connectivity index is 1.80. The Hall–Kier alpha value is -0.760. The molecule has 0 aromatic rings. The van der Waals surface area contributed by atoms with Gasteiger partial charge in [-0.3, -0.25) is 4.79 Å². The van der Waals surface area contributed by atoms with E-state index < -0.39 is 6.17 Å². The third-order valence-electron chi connectivity index (χ3n) is 3.27. The highest BCUT2D eigenvalue weighted by Gasteiger charge is 2.32. The highest BCUT2D eigenvalue weighted by molar-refractivity contribution is 5.77. The standard InChI is InChI=1S/C10H19FN4O2/c1-17-9-2-3-15(6-8(9)11)10(16)4-7-5-12-14-13-7/h7-9,12-14H,2-6H2,1H3/t7?,8-,9+/m1/s1. The normalized spacial score (nSPS) is 34.0. The van der Waals surface area contributed by atoms with Crippen LogP contribution >= 0.6 is 0 Å². The van der Waals surface area contributed by atoms with Crippen molar-refractivity contribution >= 4 is 5.91 Å². The van der Waals surface area contributed by atoms with Gasteiger partial charge in [0.2, 0.25) is 5.91 Å². The van der Waals surface area contributed by atoms with Crippen molar-refractivity contribution in [3.63, 3.8) is 0 Å². The summed E-state index contributed by atoms with van der Waals surface area (Å²) < 4.78 is 18.6. The van der Waals surface area contributed by atoms with E-state index in [9.17, 15) is 9.18 Å². The third kappa shape index (κ3) is 3.12. The molecule has 0 saturated carbocycles. The Labute approximate surface area is 99.8 Å². The van der Waals surface area contributed by atoms with Crippen LogP contribution in [0.3, 0.4) is 0 Å². The van der Waals surface area contributed by atoms with Crippen molar-refractivity contribution in [1.82, 2.24) is 21.3 Å². The van der Waals surface area contributed by atoms with Gasteiger partial charge in [0, 0.05) is 32.7 Å². The van der Waals surface area contributed by atoms with Crippen molar-refractivity contribution in [2.24, 2.45) is 0 Å². The highest BCUT2D eigenvalue weighted by atomic mass is 19.1. The summed E-state index contributed by atoms with van der Waals surface area (Å²) in [5.74, 6) is -0.00907. The average molecular weight is 246 g/mol. The number of amides is 1. The zero-order valence-electron chi connectivity index (χ0n) is 9.91. The molecule has 2 fully saturated rings. The van der Waals surface area contributed by atoms with Gasteiger partial charge in [0.1, 0.15) is 6.17 Å². The maximum absolute atomic E-state index is 13.6. The first-order valence-corrected chi connectivity index (χ1v) is 5.88. The van der Waals surface area contributed by atoms with Crippen LogP contribution in [0.15, 0.2) is 0 Å². The molecule has 2 aliphatic rings. The number of hydrazine groups is 2. The van der Waals surface area contributed by atoms with Gasteiger partial charge in [0.15, 0.2) is 0 Å². The van der Waals surface area contributed by atoms with Crippen molar-refractivity contribution in [3.8, 4) is 0 Å². The number of piperidine rings is 1. The zero-order chi connectivity index (χ0) is 12.3. The van der Waals surface area contributed by atoms with Crippen LogP contribution in [0.2, 0.25) is 0 Å². The zero-order valence-corrected chi connectivity index (χ0v) is 9.91. The summed E-state index contributed by atoms with van der Waals surface area (Å²) in [5.41, 5.74) is 8.55. The molecular formula is C10H19FN4O2. The number of ether oxygens (including phenoxy) is 1. The molecule has 1 unspecified atom stereocenters. The second-order valence-electron chi connectivity index (χ2n) is 4.47. The number of carbonyl (C=O) groups excluding carboxylic acids is 1. The van der Waals surface area contributed by atoms with Crippen LogP contribution in [0.4, 0.5) is 4.39 Å². The van der Waals surface area contributed by atoms with E-state index in [2.05, 4.69) is 16.4 Å². The Bertz CT molecular complexity index is 273. The maximum atomic E-state index is 13.6. The van der Waals surface area contributed by atoms with Gasteiger partial charge in [-0.15, -0.1) is 0 Å². The van der Waals surface area contributed by atoms with E-state index in [0.29, 0.717) is 25.9 Å². The molecule has 1 amide bonds. The summed E-state index contributed by atoms with van der Waals surface area (Å²) in [6.07, 6.45) is -0.500. The molecule has 3 N–H and O–H groups in total. The number of carbonyl (C=O) groups is 1. The van der Waals surface area contributed by atoms with Crippen LogP contribution < -0.4 is 16.4 Å². The van der Waals surface area contributed by atoms with E-state index >= 15 is 0 Å². The van der Waals surface area contributed by atoms with Gasteiger partial charge >= 0.3 is 0 Å². The Kier molecular flexibility index (Phi) is 4.27. The minimum atomic E-state index is -1.08. The lowest BCUT2D eigenvalue weighted by atomic mass is 10.0. The van der Waals surface area contributed by atoms with Crippen LogP contribution in [-0.2, 0) is 9.53 Å². The average Bonchev–Trinajstić information content (AvgIpc) is 2.81. The summed E-state index contributed by atoms with van der Waals surface area (Å²) >= 11 is 0. The van der Waals surface area contributed by atoms with Crippen LogP contribution in [-0.4, -0.2) is 55.9 Å². The largest absolute Gasteiger partial charge is 0.378 e. The minimum Gasteiger partial charge on any atom is -0.378 e. The molecule has 7 heteroatoms. The van der Waals surface area contributed by atoms with E-state index in [1.54, 1.807) is 4.90 Å². The molecule has 0 aliphatic carbocycles. The number of nitrogens with zero attached hydrogens (tertiary/aromatic N) is 1. The first-order chi connectivity index (χ1) is 8.20. The smallest absolute Gasteiger partial charge is 0.224 e. The Morgan fingerprint density at radius 2 is 2.41 bits per heavy atom. The molecular weight excluding hydrogens is 227 g/mol. The number of halogens is 1. The van der Waals surface area contributed by atoms with Crippen molar-refractivity contribution in [3.05, 3.63) is 0 Å². The molecule has 98 valence electrons. The topological polar surface area (TPSA) is 65.6 Å². The fourth-order valence-electron chi connectivity index (χ4n) is 2.22. The molecule has 0 aromatic carbocycles. The summed E-state index contributed by atoms with van der Waals surface area (Å²) in [4.78, 5) is 13.5. The predicted octanol–water partition coefficient (Wildman–Crippen LogP) is -1.06. The molecule has 17 heavy (non-hydrogen) atoms. The van der Waals surface area contributed by atoms with E-state index in [4.69, 9.17) is 4.74 Å². The highest BCUT2D eigenvalue weighted by Crippen LogP contribution is 2.17. The van der Waals surface area contributed by atoms with Crippen molar-refractivity contribution < 1.29 is 13.9 Å². The van der Waals surface area contributed by atoms with E-state index in [-0.39, 0.29) is 24.6 Å². The van der Waals surface area contributed by atoms with E-state index in [1.165, 1.54) is 7.11 Å². The summed E-state index contributed by atoms with van der Waals surface area (Å²) in [6, 6.07) is 0.0701. The van der Waals surface area contributed by atoms with E-state index in [0.717, 1.165) is 0 Å². The quantitative estimate of drug-likeness (QED) is 0.592. The minimum absolute atomic E-state index is 0.00907. The summed E-state index contributed by atoms with van der Waals surface area (Å²) in [6.45, 7) is 1.41. The molecule has 2 saturated heterocycles. The van der Waals surface area contributed by atoms with Crippen LogP contribution in [0.1, 0.15) is 12.8 Å². The molecule has 2 rings (SSSR count). The third-order valence-corrected chi connectivity index (χ3v) is 3.27. The lowest BCUT2D eigenvalue weighted by Crippen LogP contribution is -2.49. The molecule has 3 atom stereocenters. The van der Waals surface area contributed by atoms with Crippen LogP contribution in [0.25, 0.3) is 0 Å². The number of rotatable bonds is 3. The first-order valence-electron chi connectivity index (χ1n) is 5.88. The monoisotopic (exact) mass is 246 g/mol. The van der Waals surface area contributed by atoms with Gasteiger partial charge in [-0.1, -0.05) is 0 Å². The molecule has 6 nitrogen and oxygen atoms in total. The van der Waals surface area contributed by atoms with Gasteiger partial charge < -0.3 is 9.64 Å². The van der Waals surface area contributed by atoms with Crippen LogP contribution in [0.5, 0.6) is 0 Å². The van der Waals surface area contributed by atoms with Gasteiger partial charge in [0.25, 0.3) is 0 Å². The molecule has 0 spiro atoms. The SMILES string of the molecule is CO[C@H]1CCN(C(=O)CC2CNNN2)C[C@H]1F. The molecule has 0 aromatic heterocycles. The maximum Gasteiger partial charge on any atom is 0.224 e. The molecule has 2 aliphatic heterocycles. The molecule has 2 heterocycles. The van der Waals surface area contributed by atoms with Crippen LogP contribution in [0, 0.1) is 0 Å². The van der Waals surface area contributed by atoms with Gasteiger partial charge in [-0.25, -0.2) is 15.2 Å². The Morgan fingerprint density at radius 1 is 1.59 bits per heavy atom. The van der Waals surface area contributed by atoms with Gasteiger partial charge in [0.05, 0.1) is 12.6 Å². The van der Waals surface area contributed by atoms with Crippen molar-refractivity contribution in [2.75, 3.05) is 26.7 Å².